The first-order chi connectivity index (χ1) is 12.4. The lowest BCUT2D eigenvalue weighted by Gasteiger charge is -2.36. The highest BCUT2D eigenvalue weighted by molar-refractivity contribution is 6.22. The number of carbonyl (C=O) groups is 3. The predicted molar refractivity (Wildman–Crippen MR) is 97.0 cm³/mol. The van der Waals surface area contributed by atoms with Gasteiger partial charge in [-0.1, -0.05) is 12.1 Å². The van der Waals surface area contributed by atoms with Crippen molar-refractivity contribution in [3.63, 3.8) is 0 Å². The molecule has 0 N–H and O–H groups in total. The second kappa shape index (κ2) is 7.45. The fourth-order valence-electron chi connectivity index (χ4n) is 3.55. The molecule has 2 fully saturated rings. The maximum absolute atomic E-state index is 13.0. The highest BCUT2D eigenvalue weighted by Crippen LogP contribution is 2.29. The van der Waals surface area contributed by atoms with Crippen molar-refractivity contribution < 1.29 is 19.1 Å². The molecule has 2 aliphatic heterocycles. The molecule has 0 radical (unpaired) electrons. The van der Waals surface area contributed by atoms with Gasteiger partial charge in [-0.15, -0.1) is 0 Å². The molecule has 2 heterocycles. The molecule has 140 valence electrons. The zero-order valence-corrected chi connectivity index (χ0v) is 15.5. The van der Waals surface area contributed by atoms with Gasteiger partial charge in [0.1, 0.15) is 0 Å². The SMILES string of the molecule is CCOC(=O)N1CCN(C2CC(=O)N(c3cc(C)ccc3C)C2=O)CC1. The third-order valence-corrected chi connectivity index (χ3v) is 5.01. The lowest BCUT2D eigenvalue weighted by atomic mass is 10.1. The van der Waals surface area contributed by atoms with Crippen molar-refractivity contribution in [3.05, 3.63) is 29.3 Å². The van der Waals surface area contributed by atoms with Crippen LogP contribution in [0.3, 0.4) is 0 Å². The molecule has 7 nitrogen and oxygen atoms in total. The van der Waals surface area contributed by atoms with Gasteiger partial charge in [0.05, 0.1) is 24.8 Å². The van der Waals surface area contributed by atoms with Crippen LogP contribution in [-0.2, 0) is 14.3 Å². The summed E-state index contributed by atoms with van der Waals surface area (Å²) in [7, 11) is 0. The normalized spacial score (nSPS) is 21.4. The molecule has 0 aromatic heterocycles. The average molecular weight is 359 g/mol. The number of carbonyl (C=O) groups excluding carboxylic acids is 3. The fraction of sp³-hybridized carbons (Fsp3) is 0.526. The van der Waals surface area contributed by atoms with Crippen LogP contribution in [-0.4, -0.2) is 66.5 Å². The number of nitrogens with zero attached hydrogens (tertiary/aromatic N) is 3. The van der Waals surface area contributed by atoms with Crippen LogP contribution in [0.1, 0.15) is 24.5 Å². The van der Waals surface area contributed by atoms with Crippen LogP contribution in [0.5, 0.6) is 0 Å². The smallest absolute Gasteiger partial charge is 0.409 e. The first-order valence-corrected chi connectivity index (χ1v) is 9.02. The number of amides is 3. The Bertz CT molecular complexity index is 725. The molecule has 1 unspecified atom stereocenters. The minimum absolute atomic E-state index is 0.165. The Morgan fingerprint density at radius 1 is 1.15 bits per heavy atom. The predicted octanol–water partition coefficient (Wildman–Crippen LogP) is 1.71. The number of aryl methyl sites for hydroxylation is 2. The quantitative estimate of drug-likeness (QED) is 0.769. The summed E-state index contributed by atoms with van der Waals surface area (Å²) in [5, 5.41) is 0. The molecule has 2 saturated heterocycles. The molecule has 1 atom stereocenters. The van der Waals surface area contributed by atoms with Crippen molar-refractivity contribution in [3.8, 4) is 0 Å². The van der Waals surface area contributed by atoms with E-state index in [4.69, 9.17) is 4.74 Å². The van der Waals surface area contributed by atoms with Gasteiger partial charge in [0, 0.05) is 26.2 Å². The van der Waals surface area contributed by atoms with E-state index in [9.17, 15) is 14.4 Å². The first kappa shape index (κ1) is 18.4. The summed E-state index contributed by atoms with van der Waals surface area (Å²) in [6, 6.07) is 5.32. The molecule has 26 heavy (non-hydrogen) atoms. The number of hydrogen-bond acceptors (Lipinski definition) is 5. The number of imide groups is 1. The number of ether oxygens (including phenoxy) is 1. The fourth-order valence-corrected chi connectivity index (χ4v) is 3.55. The van der Waals surface area contributed by atoms with E-state index < -0.39 is 6.04 Å². The Morgan fingerprint density at radius 2 is 1.85 bits per heavy atom. The summed E-state index contributed by atoms with van der Waals surface area (Å²) < 4.78 is 5.02. The van der Waals surface area contributed by atoms with Crippen molar-refractivity contribution in [2.24, 2.45) is 0 Å². The van der Waals surface area contributed by atoms with Crippen LogP contribution < -0.4 is 4.90 Å². The molecular weight excluding hydrogens is 334 g/mol. The van der Waals surface area contributed by atoms with Gasteiger partial charge >= 0.3 is 6.09 Å². The van der Waals surface area contributed by atoms with E-state index in [2.05, 4.69) is 0 Å². The van der Waals surface area contributed by atoms with Crippen molar-refractivity contribution in [1.29, 1.82) is 0 Å². The summed E-state index contributed by atoms with van der Waals surface area (Å²) in [6.07, 6.45) is -0.135. The Kier molecular flexibility index (Phi) is 5.27. The maximum Gasteiger partial charge on any atom is 0.409 e. The van der Waals surface area contributed by atoms with Crippen LogP contribution in [0.2, 0.25) is 0 Å². The Hall–Kier alpha value is -2.41. The second-order valence-electron chi connectivity index (χ2n) is 6.80. The second-order valence-corrected chi connectivity index (χ2v) is 6.80. The third-order valence-electron chi connectivity index (χ3n) is 5.01. The summed E-state index contributed by atoms with van der Waals surface area (Å²) >= 11 is 0. The van der Waals surface area contributed by atoms with Gasteiger partial charge in [0.15, 0.2) is 0 Å². The molecule has 0 aliphatic carbocycles. The van der Waals surface area contributed by atoms with Crippen LogP contribution in [0.15, 0.2) is 18.2 Å². The monoisotopic (exact) mass is 359 g/mol. The summed E-state index contributed by atoms with van der Waals surface area (Å²) in [5.74, 6) is -0.338. The molecule has 1 aromatic rings. The van der Waals surface area contributed by atoms with E-state index in [-0.39, 0.29) is 24.3 Å². The minimum atomic E-state index is -0.452. The number of hydrogen-bond donors (Lipinski definition) is 0. The molecule has 7 heteroatoms. The Balaban J connectivity index is 1.70. The lowest BCUT2D eigenvalue weighted by molar-refractivity contribution is -0.123. The van der Waals surface area contributed by atoms with Gasteiger partial charge < -0.3 is 9.64 Å². The van der Waals surface area contributed by atoms with Gasteiger partial charge in [0.2, 0.25) is 5.91 Å². The number of rotatable bonds is 3. The maximum atomic E-state index is 13.0. The van der Waals surface area contributed by atoms with Crippen LogP contribution in [0, 0.1) is 13.8 Å². The van der Waals surface area contributed by atoms with Gasteiger partial charge in [-0.3, -0.25) is 14.5 Å². The minimum Gasteiger partial charge on any atom is -0.450 e. The summed E-state index contributed by atoms with van der Waals surface area (Å²) in [5.41, 5.74) is 2.59. The first-order valence-electron chi connectivity index (χ1n) is 9.02. The van der Waals surface area contributed by atoms with Crippen LogP contribution in [0.4, 0.5) is 10.5 Å². The highest BCUT2D eigenvalue weighted by Gasteiger charge is 2.44. The lowest BCUT2D eigenvalue weighted by Crippen LogP contribution is -2.54. The van der Waals surface area contributed by atoms with E-state index in [0.717, 1.165) is 11.1 Å². The molecule has 3 rings (SSSR count). The van der Waals surface area contributed by atoms with Crippen molar-refractivity contribution in [1.82, 2.24) is 9.80 Å². The van der Waals surface area contributed by atoms with E-state index >= 15 is 0 Å². The largest absolute Gasteiger partial charge is 0.450 e. The van der Waals surface area contributed by atoms with E-state index in [0.29, 0.717) is 38.5 Å². The average Bonchev–Trinajstić information content (AvgIpc) is 2.92. The Labute approximate surface area is 153 Å². The summed E-state index contributed by atoms with van der Waals surface area (Å²) in [4.78, 5) is 42.3. The molecule has 3 amide bonds. The van der Waals surface area contributed by atoms with Gasteiger partial charge in [-0.25, -0.2) is 9.69 Å². The highest BCUT2D eigenvalue weighted by atomic mass is 16.6. The van der Waals surface area contributed by atoms with Crippen LogP contribution in [0.25, 0.3) is 0 Å². The van der Waals surface area contributed by atoms with E-state index in [1.54, 1.807) is 11.8 Å². The number of piperazine rings is 1. The topological polar surface area (TPSA) is 70.2 Å². The zero-order valence-electron chi connectivity index (χ0n) is 15.5. The molecule has 0 bridgehead atoms. The summed E-state index contributed by atoms with van der Waals surface area (Å²) in [6.45, 7) is 8.09. The molecule has 2 aliphatic rings. The Morgan fingerprint density at radius 3 is 2.50 bits per heavy atom. The molecule has 0 saturated carbocycles. The van der Waals surface area contributed by atoms with Crippen molar-refractivity contribution >= 4 is 23.6 Å². The molecule has 0 spiro atoms. The van der Waals surface area contributed by atoms with Crippen LogP contribution >= 0.6 is 0 Å². The molecule has 1 aromatic carbocycles. The standard InChI is InChI=1S/C19H25N3O4/c1-4-26-19(25)21-9-7-20(8-10-21)16-12-17(23)22(18(16)24)15-11-13(2)5-6-14(15)3/h5-6,11,16H,4,7-10,12H2,1-3H3. The van der Waals surface area contributed by atoms with Gasteiger partial charge in [0.25, 0.3) is 5.91 Å². The number of anilines is 1. The third kappa shape index (κ3) is 3.44. The molecular formula is C19H25N3O4. The van der Waals surface area contributed by atoms with E-state index in [1.165, 1.54) is 4.90 Å². The van der Waals surface area contributed by atoms with Crippen molar-refractivity contribution in [2.75, 3.05) is 37.7 Å². The van der Waals surface area contributed by atoms with Crippen molar-refractivity contribution in [2.45, 2.75) is 33.2 Å². The van der Waals surface area contributed by atoms with E-state index in [1.807, 2.05) is 36.9 Å². The van der Waals surface area contributed by atoms with Gasteiger partial charge in [-0.05, 0) is 38.0 Å². The zero-order chi connectivity index (χ0) is 18.8. The van der Waals surface area contributed by atoms with Gasteiger partial charge in [-0.2, -0.15) is 0 Å². The number of benzene rings is 1.